The maximum atomic E-state index is 4.49. The predicted molar refractivity (Wildman–Crippen MR) is 87.8 cm³/mol. The third kappa shape index (κ3) is 2.83. The Labute approximate surface area is 125 Å². The number of benzene rings is 2. The van der Waals surface area contributed by atoms with Crippen LogP contribution in [0.4, 0.5) is 0 Å². The Hall–Kier alpha value is -2.13. The van der Waals surface area contributed by atoms with Gasteiger partial charge in [-0.3, -0.25) is 4.57 Å². The Kier molecular flexibility index (Phi) is 4.02. The summed E-state index contributed by atoms with van der Waals surface area (Å²) in [6.07, 6.45) is 3.07. The van der Waals surface area contributed by atoms with Gasteiger partial charge in [0.2, 0.25) is 0 Å². The fourth-order valence-corrected chi connectivity index (χ4v) is 2.59. The van der Waals surface area contributed by atoms with Gasteiger partial charge in [0.1, 0.15) is 6.33 Å². The van der Waals surface area contributed by atoms with Gasteiger partial charge in [-0.05, 0) is 49.2 Å². The van der Waals surface area contributed by atoms with Gasteiger partial charge in [-0.2, -0.15) is 0 Å². The number of nitrogens with one attached hydrogen (secondary N) is 1. The van der Waals surface area contributed by atoms with E-state index in [0.717, 1.165) is 30.5 Å². The van der Waals surface area contributed by atoms with E-state index >= 15 is 0 Å². The molecule has 21 heavy (non-hydrogen) atoms. The van der Waals surface area contributed by atoms with Crippen LogP contribution in [0, 0.1) is 6.92 Å². The molecule has 1 heterocycles. The normalized spacial score (nSPS) is 11.1. The maximum absolute atomic E-state index is 4.49. The number of imidazole rings is 1. The highest BCUT2D eigenvalue weighted by Gasteiger charge is 2.07. The van der Waals surface area contributed by atoms with Crippen molar-refractivity contribution in [3.05, 3.63) is 59.9 Å². The predicted octanol–water partition coefficient (Wildman–Crippen LogP) is 3.83. The molecule has 0 radical (unpaired) electrons. The Morgan fingerprint density at radius 3 is 2.86 bits per heavy atom. The second kappa shape index (κ2) is 6.10. The van der Waals surface area contributed by atoms with Gasteiger partial charge < -0.3 is 5.32 Å². The third-order valence-electron chi connectivity index (χ3n) is 3.74. The van der Waals surface area contributed by atoms with Crippen LogP contribution in [0.25, 0.3) is 16.7 Å². The number of hydrogen-bond donors (Lipinski definition) is 1. The lowest BCUT2D eigenvalue weighted by Gasteiger charge is -2.11. The summed E-state index contributed by atoms with van der Waals surface area (Å²) in [6.45, 7) is 6.30. The molecule has 3 nitrogen and oxygen atoms in total. The minimum absolute atomic E-state index is 0.910. The molecule has 3 heteroatoms. The fourth-order valence-electron chi connectivity index (χ4n) is 2.59. The monoisotopic (exact) mass is 279 g/mol. The lowest BCUT2D eigenvalue weighted by Crippen LogP contribution is -2.14. The van der Waals surface area contributed by atoms with Crippen molar-refractivity contribution in [2.45, 2.75) is 26.8 Å². The van der Waals surface area contributed by atoms with Crippen LogP contribution >= 0.6 is 0 Å². The van der Waals surface area contributed by atoms with E-state index < -0.39 is 0 Å². The van der Waals surface area contributed by atoms with Gasteiger partial charge in [0.05, 0.1) is 16.7 Å². The Morgan fingerprint density at radius 1 is 1.14 bits per heavy atom. The molecule has 0 aliphatic heterocycles. The summed E-state index contributed by atoms with van der Waals surface area (Å²) >= 11 is 0. The van der Waals surface area contributed by atoms with E-state index in [1.165, 1.54) is 16.8 Å². The second-order valence-electron chi connectivity index (χ2n) is 5.40. The highest BCUT2D eigenvalue weighted by molar-refractivity contribution is 5.77. The van der Waals surface area contributed by atoms with Gasteiger partial charge in [-0.15, -0.1) is 0 Å². The summed E-state index contributed by atoms with van der Waals surface area (Å²) in [5, 5.41) is 3.46. The number of hydrogen-bond acceptors (Lipinski definition) is 2. The van der Waals surface area contributed by atoms with Gasteiger partial charge in [0.15, 0.2) is 0 Å². The van der Waals surface area contributed by atoms with Crippen LogP contribution in [0.1, 0.15) is 24.5 Å². The number of aromatic nitrogens is 2. The molecule has 108 valence electrons. The molecule has 0 spiro atoms. The zero-order chi connectivity index (χ0) is 14.7. The van der Waals surface area contributed by atoms with E-state index in [1.54, 1.807) is 0 Å². The zero-order valence-electron chi connectivity index (χ0n) is 12.6. The standard InChI is InChI=1S/C18H21N3/c1-3-10-19-12-15-9-8-14(2)18(11-15)21-13-20-16-6-4-5-7-17(16)21/h4-9,11,13,19H,3,10,12H2,1-2H3. The first-order valence-electron chi connectivity index (χ1n) is 7.52. The fraction of sp³-hybridized carbons (Fsp3) is 0.278. The summed E-state index contributed by atoms with van der Waals surface area (Å²) in [5.41, 5.74) is 5.96. The molecule has 3 aromatic rings. The summed E-state index contributed by atoms with van der Waals surface area (Å²) in [6, 6.07) is 14.9. The van der Waals surface area contributed by atoms with Crippen LogP contribution in [-0.2, 0) is 6.54 Å². The van der Waals surface area contributed by atoms with Crippen molar-refractivity contribution < 1.29 is 0 Å². The SMILES string of the molecule is CCCNCc1ccc(C)c(-n2cnc3ccccc32)c1. The molecule has 0 atom stereocenters. The average molecular weight is 279 g/mol. The first-order chi connectivity index (χ1) is 10.3. The van der Waals surface area contributed by atoms with Crippen LogP contribution in [0.2, 0.25) is 0 Å². The minimum Gasteiger partial charge on any atom is -0.313 e. The van der Waals surface area contributed by atoms with Crippen LogP contribution in [0.15, 0.2) is 48.8 Å². The largest absolute Gasteiger partial charge is 0.313 e. The number of aryl methyl sites for hydroxylation is 1. The molecule has 0 aliphatic rings. The average Bonchev–Trinajstić information content (AvgIpc) is 2.93. The topological polar surface area (TPSA) is 29.9 Å². The van der Waals surface area contributed by atoms with E-state index in [0.29, 0.717) is 0 Å². The van der Waals surface area contributed by atoms with E-state index in [-0.39, 0.29) is 0 Å². The minimum atomic E-state index is 0.910. The second-order valence-corrected chi connectivity index (χ2v) is 5.40. The van der Waals surface area contributed by atoms with E-state index in [1.807, 2.05) is 18.5 Å². The third-order valence-corrected chi connectivity index (χ3v) is 3.74. The Bertz CT molecular complexity index is 743. The molecule has 1 N–H and O–H groups in total. The van der Waals surface area contributed by atoms with Crippen molar-refractivity contribution in [3.8, 4) is 5.69 Å². The van der Waals surface area contributed by atoms with Crippen LogP contribution in [0.3, 0.4) is 0 Å². The van der Waals surface area contributed by atoms with Crippen molar-refractivity contribution in [1.29, 1.82) is 0 Å². The van der Waals surface area contributed by atoms with Gasteiger partial charge >= 0.3 is 0 Å². The first kappa shape index (κ1) is 13.8. The van der Waals surface area contributed by atoms with Crippen molar-refractivity contribution in [2.75, 3.05) is 6.54 Å². The molecule has 3 rings (SSSR count). The van der Waals surface area contributed by atoms with Crippen LogP contribution in [-0.4, -0.2) is 16.1 Å². The zero-order valence-corrected chi connectivity index (χ0v) is 12.6. The molecule has 0 amide bonds. The molecule has 0 unspecified atom stereocenters. The quantitative estimate of drug-likeness (QED) is 0.719. The van der Waals surface area contributed by atoms with Crippen LogP contribution in [0.5, 0.6) is 0 Å². The summed E-state index contributed by atoms with van der Waals surface area (Å²) < 4.78 is 2.17. The molecule has 2 aromatic carbocycles. The molecular formula is C18H21N3. The van der Waals surface area contributed by atoms with Crippen molar-refractivity contribution in [3.63, 3.8) is 0 Å². The summed E-state index contributed by atoms with van der Waals surface area (Å²) in [5.74, 6) is 0. The van der Waals surface area contributed by atoms with Crippen LogP contribution < -0.4 is 5.32 Å². The molecule has 0 aliphatic carbocycles. The van der Waals surface area contributed by atoms with Gasteiger partial charge in [0.25, 0.3) is 0 Å². The van der Waals surface area contributed by atoms with Gasteiger partial charge in [-0.25, -0.2) is 4.98 Å². The number of nitrogens with zero attached hydrogens (tertiary/aromatic N) is 2. The smallest absolute Gasteiger partial charge is 0.100 e. The van der Waals surface area contributed by atoms with Crippen molar-refractivity contribution in [2.24, 2.45) is 0 Å². The lowest BCUT2D eigenvalue weighted by molar-refractivity contribution is 0.675. The summed E-state index contributed by atoms with van der Waals surface area (Å²) in [4.78, 5) is 4.49. The van der Waals surface area contributed by atoms with E-state index in [9.17, 15) is 0 Å². The van der Waals surface area contributed by atoms with E-state index in [2.05, 4.69) is 59.0 Å². The van der Waals surface area contributed by atoms with E-state index in [4.69, 9.17) is 0 Å². The highest BCUT2D eigenvalue weighted by Crippen LogP contribution is 2.21. The maximum Gasteiger partial charge on any atom is 0.100 e. The van der Waals surface area contributed by atoms with Crippen molar-refractivity contribution >= 4 is 11.0 Å². The molecule has 0 bridgehead atoms. The Balaban J connectivity index is 1.99. The number of rotatable bonds is 5. The number of para-hydroxylation sites is 2. The molecule has 0 saturated heterocycles. The molecule has 0 saturated carbocycles. The number of fused-ring (bicyclic) bond motifs is 1. The lowest BCUT2D eigenvalue weighted by atomic mass is 10.1. The summed E-state index contributed by atoms with van der Waals surface area (Å²) in [7, 11) is 0. The molecule has 0 fully saturated rings. The molecular weight excluding hydrogens is 258 g/mol. The first-order valence-corrected chi connectivity index (χ1v) is 7.52. The molecule has 1 aromatic heterocycles. The van der Waals surface area contributed by atoms with Crippen molar-refractivity contribution in [1.82, 2.24) is 14.9 Å². The van der Waals surface area contributed by atoms with Gasteiger partial charge in [0, 0.05) is 6.54 Å². The highest BCUT2D eigenvalue weighted by atomic mass is 15.0. The van der Waals surface area contributed by atoms with Gasteiger partial charge in [-0.1, -0.05) is 31.2 Å². The Morgan fingerprint density at radius 2 is 2.00 bits per heavy atom.